The molecule has 2 nitrogen and oxygen atoms in total. The van der Waals surface area contributed by atoms with Crippen LogP contribution >= 0.6 is 15.9 Å². The number of nitrogens with two attached hydrogens (primary N) is 1. The summed E-state index contributed by atoms with van der Waals surface area (Å²) >= 11 is 3.14. The molecule has 0 bridgehead atoms. The molecular weight excluding hydrogens is 273 g/mol. The molecule has 0 radical (unpaired) electrons. The quantitative estimate of drug-likeness (QED) is 0.906. The predicted octanol–water partition coefficient (Wildman–Crippen LogP) is 3.99. The molecule has 0 amide bonds. The molecule has 0 aliphatic heterocycles. The fourth-order valence-corrected chi connectivity index (χ4v) is 1.91. The van der Waals surface area contributed by atoms with Gasteiger partial charge in [0.15, 0.2) is 0 Å². The Kier molecular flexibility index (Phi) is 3.04. The summed E-state index contributed by atoms with van der Waals surface area (Å²) in [4.78, 5) is 0. The van der Waals surface area contributed by atoms with Crippen LogP contribution in [0.15, 0.2) is 27.1 Å². The zero-order valence-electron chi connectivity index (χ0n) is 9.13. The predicted molar refractivity (Wildman–Crippen MR) is 65.6 cm³/mol. The fraction of sp³-hybridized carbons (Fsp3) is 0.333. The average Bonchev–Trinajstić information content (AvgIpc) is 2.60. The van der Waals surface area contributed by atoms with E-state index in [0.29, 0.717) is 15.8 Å². The van der Waals surface area contributed by atoms with Gasteiger partial charge in [0.25, 0.3) is 0 Å². The van der Waals surface area contributed by atoms with Crippen LogP contribution in [0, 0.1) is 11.7 Å². The van der Waals surface area contributed by atoms with Crippen LogP contribution in [0.3, 0.4) is 0 Å². The molecule has 1 aromatic heterocycles. The Morgan fingerprint density at radius 1 is 1.31 bits per heavy atom. The van der Waals surface area contributed by atoms with Gasteiger partial charge in [-0.15, -0.1) is 0 Å². The summed E-state index contributed by atoms with van der Waals surface area (Å²) in [5.41, 5.74) is 6.51. The van der Waals surface area contributed by atoms with Crippen LogP contribution in [0.2, 0.25) is 0 Å². The number of hydrogen-bond donors (Lipinski definition) is 1. The first-order valence-corrected chi connectivity index (χ1v) is 5.92. The third-order valence-corrected chi connectivity index (χ3v) is 3.23. The summed E-state index contributed by atoms with van der Waals surface area (Å²) in [5, 5.41) is 0.861. The van der Waals surface area contributed by atoms with Gasteiger partial charge in [0.2, 0.25) is 0 Å². The number of fused-ring (bicyclic) bond motifs is 1. The van der Waals surface area contributed by atoms with Gasteiger partial charge in [-0.2, -0.15) is 0 Å². The van der Waals surface area contributed by atoms with Crippen molar-refractivity contribution in [3.8, 4) is 0 Å². The fourth-order valence-electron chi connectivity index (χ4n) is 1.55. The van der Waals surface area contributed by atoms with Crippen molar-refractivity contribution in [1.29, 1.82) is 0 Å². The maximum absolute atomic E-state index is 13.3. The molecule has 2 N–H and O–H groups in total. The van der Waals surface area contributed by atoms with Gasteiger partial charge in [-0.25, -0.2) is 4.39 Å². The van der Waals surface area contributed by atoms with E-state index in [0.717, 1.165) is 5.39 Å². The first kappa shape index (κ1) is 11.6. The number of halogens is 2. The van der Waals surface area contributed by atoms with Gasteiger partial charge < -0.3 is 10.2 Å². The zero-order chi connectivity index (χ0) is 11.9. The normalized spacial score (nSPS) is 13.6. The maximum atomic E-state index is 13.3. The molecule has 86 valence electrons. The molecule has 0 fully saturated rings. The molecule has 2 rings (SSSR count). The number of hydrogen-bond acceptors (Lipinski definition) is 2. The van der Waals surface area contributed by atoms with Gasteiger partial charge in [0.05, 0.1) is 10.5 Å². The molecule has 1 aromatic carbocycles. The third kappa shape index (κ3) is 1.99. The molecule has 4 heteroatoms. The highest BCUT2D eigenvalue weighted by Gasteiger charge is 2.16. The first-order valence-electron chi connectivity index (χ1n) is 5.13. The van der Waals surface area contributed by atoms with E-state index in [1.807, 2.05) is 19.9 Å². The van der Waals surface area contributed by atoms with Crippen molar-refractivity contribution in [3.63, 3.8) is 0 Å². The Morgan fingerprint density at radius 2 is 2.00 bits per heavy atom. The van der Waals surface area contributed by atoms with Crippen molar-refractivity contribution >= 4 is 26.9 Å². The topological polar surface area (TPSA) is 39.2 Å². The van der Waals surface area contributed by atoms with E-state index >= 15 is 0 Å². The van der Waals surface area contributed by atoms with Gasteiger partial charge in [-0.3, -0.25) is 0 Å². The maximum Gasteiger partial charge on any atom is 0.141 e. The highest BCUT2D eigenvalue weighted by molar-refractivity contribution is 9.10. The van der Waals surface area contributed by atoms with E-state index in [4.69, 9.17) is 10.2 Å². The Labute approximate surface area is 102 Å². The number of rotatable bonds is 2. The SMILES string of the molecule is CC(C)C(N)c1cc2cc(Br)c(F)cc2o1. The van der Waals surface area contributed by atoms with Crippen LogP contribution in [0.25, 0.3) is 11.0 Å². The van der Waals surface area contributed by atoms with Crippen molar-refractivity contribution in [2.45, 2.75) is 19.9 Å². The van der Waals surface area contributed by atoms with Gasteiger partial charge in [-0.1, -0.05) is 13.8 Å². The van der Waals surface area contributed by atoms with Crippen molar-refractivity contribution in [1.82, 2.24) is 0 Å². The van der Waals surface area contributed by atoms with Crippen molar-refractivity contribution < 1.29 is 8.81 Å². The summed E-state index contributed by atoms with van der Waals surface area (Å²) in [5.74, 6) is 0.655. The van der Waals surface area contributed by atoms with Crippen LogP contribution in [0.1, 0.15) is 25.6 Å². The lowest BCUT2D eigenvalue weighted by Crippen LogP contribution is -2.15. The summed E-state index contributed by atoms with van der Waals surface area (Å²) in [7, 11) is 0. The Hall–Kier alpha value is -0.870. The second-order valence-electron chi connectivity index (χ2n) is 4.22. The smallest absolute Gasteiger partial charge is 0.141 e. The van der Waals surface area contributed by atoms with Gasteiger partial charge in [0.1, 0.15) is 17.2 Å². The first-order chi connectivity index (χ1) is 7.49. The minimum atomic E-state index is -0.327. The zero-order valence-corrected chi connectivity index (χ0v) is 10.7. The highest BCUT2D eigenvalue weighted by Crippen LogP contribution is 2.29. The minimum Gasteiger partial charge on any atom is -0.459 e. The summed E-state index contributed by atoms with van der Waals surface area (Å²) in [6, 6.07) is 4.78. The Morgan fingerprint density at radius 3 is 2.62 bits per heavy atom. The van der Waals surface area contributed by atoms with Gasteiger partial charge in [-0.05, 0) is 34.0 Å². The van der Waals surface area contributed by atoms with Gasteiger partial charge >= 0.3 is 0 Å². The van der Waals surface area contributed by atoms with E-state index in [1.54, 1.807) is 6.07 Å². The highest BCUT2D eigenvalue weighted by atomic mass is 79.9. The molecule has 2 aromatic rings. The standard InChI is InChI=1S/C12H13BrFNO/c1-6(2)12(15)11-4-7-3-8(13)9(14)5-10(7)16-11/h3-6,12H,15H2,1-2H3. The van der Waals surface area contributed by atoms with Crippen molar-refractivity contribution in [3.05, 3.63) is 34.2 Å². The molecule has 1 atom stereocenters. The molecule has 0 aliphatic carbocycles. The van der Waals surface area contributed by atoms with Crippen molar-refractivity contribution in [2.75, 3.05) is 0 Å². The number of benzene rings is 1. The second-order valence-corrected chi connectivity index (χ2v) is 5.08. The number of furan rings is 1. The van der Waals surface area contributed by atoms with Crippen LogP contribution in [-0.2, 0) is 0 Å². The summed E-state index contributed by atoms with van der Waals surface area (Å²) < 4.78 is 19.3. The molecule has 0 saturated heterocycles. The van der Waals surface area contributed by atoms with Crippen molar-refractivity contribution in [2.24, 2.45) is 11.7 Å². The monoisotopic (exact) mass is 285 g/mol. The molecular formula is C12H13BrFNO. The lowest BCUT2D eigenvalue weighted by Gasteiger charge is -2.11. The lowest BCUT2D eigenvalue weighted by molar-refractivity contribution is 0.418. The van der Waals surface area contributed by atoms with E-state index in [-0.39, 0.29) is 17.8 Å². The van der Waals surface area contributed by atoms with Crippen LogP contribution in [0.5, 0.6) is 0 Å². The van der Waals surface area contributed by atoms with E-state index in [2.05, 4.69) is 15.9 Å². The Bertz CT molecular complexity index is 482. The lowest BCUT2D eigenvalue weighted by atomic mass is 10.0. The second kappa shape index (κ2) is 4.18. The summed E-state index contributed by atoms with van der Waals surface area (Å²) in [6.07, 6.45) is 0. The molecule has 1 unspecified atom stereocenters. The van der Waals surface area contributed by atoms with Crippen LogP contribution in [0.4, 0.5) is 4.39 Å². The summed E-state index contributed by atoms with van der Waals surface area (Å²) in [6.45, 7) is 4.04. The van der Waals surface area contributed by atoms with Gasteiger partial charge in [0, 0.05) is 11.5 Å². The minimum absolute atomic E-state index is 0.158. The third-order valence-electron chi connectivity index (χ3n) is 2.63. The van der Waals surface area contributed by atoms with E-state index in [9.17, 15) is 4.39 Å². The Balaban J connectivity index is 2.52. The molecule has 0 aliphatic rings. The van der Waals surface area contributed by atoms with E-state index in [1.165, 1.54) is 6.07 Å². The molecule has 0 spiro atoms. The van der Waals surface area contributed by atoms with E-state index < -0.39 is 0 Å². The average molecular weight is 286 g/mol. The largest absolute Gasteiger partial charge is 0.459 e. The van der Waals surface area contributed by atoms with Crippen LogP contribution < -0.4 is 5.73 Å². The molecule has 0 saturated carbocycles. The molecule has 1 heterocycles. The van der Waals surface area contributed by atoms with Crippen LogP contribution in [-0.4, -0.2) is 0 Å². The molecule has 16 heavy (non-hydrogen) atoms.